The maximum atomic E-state index is 10.7. The van der Waals surface area contributed by atoms with Gasteiger partial charge in [-0.05, 0) is 31.2 Å². The molecule has 15 heavy (non-hydrogen) atoms. The molecule has 0 saturated carbocycles. The summed E-state index contributed by atoms with van der Waals surface area (Å²) in [4.78, 5) is 21.3. The minimum atomic E-state index is -0.982. The van der Waals surface area contributed by atoms with Crippen molar-refractivity contribution in [2.75, 3.05) is 5.32 Å². The number of carbonyl (C=O) groups is 2. The number of primary amides is 1. The van der Waals surface area contributed by atoms with Crippen LogP contribution in [0.2, 0.25) is 0 Å². The fraction of sp³-hybridized carbons (Fsp3) is 0.200. The van der Waals surface area contributed by atoms with E-state index in [1.165, 1.54) is 12.1 Å². The molecule has 0 aromatic heterocycles. The first-order chi connectivity index (χ1) is 7.00. The highest BCUT2D eigenvalue weighted by atomic mass is 16.4. The predicted molar refractivity (Wildman–Crippen MR) is 55.7 cm³/mol. The van der Waals surface area contributed by atoms with E-state index in [-0.39, 0.29) is 5.56 Å². The molecular weight excluding hydrogens is 196 g/mol. The van der Waals surface area contributed by atoms with Gasteiger partial charge in [-0.2, -0.15) is 0 Å². The number of aromatic carboxylic acids is 1. The molecule has 1 atom stereocenters. The van der Waals surface area contributed by atoms with Crippen LogP contribution >= 0.6 is 0 Å². The molecule has 4 N–H and O–H groups in total. The van der Waals surface area contributed by atoms with Crippen molar-refractivity contribution in [1.82, 2.24) is 0 Å². The predicted octanol–water partition coefficient (Wildman–Crippen LogP) is 0.670. The standard InChI is InChI=1S/C10H12N2O3/c1-6(9(11)13)12-8-4-2-7(3-5-8)10(14)15/h2-6,12H,1H3,(H2,11,13)(H,14,15). The van der Waals surface area contributed by atoms with E-state index >= 15 is 0 Å². The molecule has 5 nitrogen and oxygen atoms in total. The van der Waals surface area contributed by atoms with E-state index in [9.17, 15) is 9.59 Å². The number of nitrogens with one attached hydrogen (secondary N) is 1. The Morgan fingerprint density at radius 3 is 2.27 bits per heavy atom. The molecule has 0 fully saturated rings. The van der Waals surface area contributed by atoms with Gasteiger partial charge in [0.05, 0.1) is 5.56 Å². The highest BCUT2D eigenvalue weighted by Crippen LogP contribution is 2.10. The van der Waals surface area contributed by atoms with Crippen LogP contribution in [-0.4, -0.2) is 23.0 Å². The SMILES string of the molecule is CC(Nc1ccc(C(=O)O)cc1)C(N)=O. The summed E-state index contributed by atoms with van der Waals surface area (Å²) in [6.45, 7) is 1.63. The minimum absolute atomic E-state index is 0.201. The first kappa shape index (κ1) is 11.0. The zero-order valence-electron chi connectivity index (χ0n) is 8.23. The number of amides is 1. The Hall–Kier alpha value is -2.04. The van der Waals surface area contributed by atoms with Gasteiger partial charge < -0.3 is 16.2 Å². The van der Waals surface area contributed by atoms with Crippen molar-refractivity contribution in [3.8, 4) is 0 Å². The van der Waals surface area contributed by atoms with Gasteiger partial charge in [-0.1, -0.05) is 0 Å². The van der Waals surface area contributed by atoms with Crippen LogP contribution in [0.25, 0.3) is 0 Å². The van der Waals surface area contributed by atoms with Gasteiger partial charge in [-0.3, -0.25) is 4.79 Å². The Kier molecular flexibility index (Phi) is 3.28. The zero-order valence-corrected chi connectivity index (χ0v) is 8.23. The van der Waals surface area contributed by atoms with Crippen molar-refractivity contribution in [1.29, 1.82) is 0 Å². The van der Waals surface area contributed by atoms with Gasteiger partial charge in [-0.25, -0.2) is 4.79 Å². The lowest BCUT2D eigenvalue weighted by Crippen LogP contribution is -2.32. The molecular formula is C10H12N2O3. The average molecular weight is 208 g/mol. The van der Waals surface area contributed by atoms with E-state index in [1.807, 2.05) is 0 Å². The lowest BCUT2D eigenvalue weighted by Gasteiger charge is -2.11. The number of rotatable bonds is 4. The van der Waals surface area contributed by atoms with Crippen molar-refractivity contribution in [2.45, 2.75) is 13.0 Å². The third-order valence-corrected chi connectivity index (χ3v) is 1.94. The van der Waals surface area contributed by atoms with Gasteiger partial charge in [-0.15, -0.1) is 0 Å². The van der Waals surface area contributed by atoms with Crippen LogP contribution in [0, 0.1) is 0 Å². The van der Waals surface area contributed by atoms with E-state index in [0.717, 1.165) is 0 Å². The monoisotopic (exact) mass is 208 g/mol. The minimum Gasteiger partial charge on any atom is -0.478 e. The van der Waals surface area contributed by atoms with E-state index in [0.29, 0.717) is 5.69 Å². The van der Waals surface area contributed by atoms with Crippen LogP contribution in [0.1, 0.15) is 17.3 Å². The maximum absolute atomic E-state index is 10.7. The molecule has 1 aromatic carbocycles. The Labute approximate surface area is 86.9 Å². The van der Waals surface area contributed by atoms with Crippen molar-refractivity contribution >= 4 is 17.6 Å². The molecule has 0 heterocycles. The summed E-state index contributed by atoms with van der Waals surface area (Å²) in [6, 6.07) is 5.60. The van der Waals surface area contributed by atoms with Crippen molar-refractivity contribution in [3.63, 3.8) is 0 Å². The smallest absolute Gasteiger partial charge is 0.335 e. The molecule has 1 amide bonds. The molecule has 0 bridgehead atoms. The lowest BCUT2D eigenvalue weighted by atomic mass is 10.2. The second-order valence-electron chi connectivity index (χ2n) is 3.15. The maximum Gasteiger partial charge on any atom is 0.335 e. The Morgan fingerprint density at radius 2 is 1.87 bits per heavy atom. The average Bonchev–Trinajstić information content (AvgIpc) is 2.18. The largest absolute Gasteiger partial charge is 0.478 e. The fourth-order valence-corrected chi connectivity index (χ4v) is 1.03. The van der Waals surface area contributed by atoms with Crippen molar-refractivity contribution in [3.05, 3.63) is 29.8 Å². The number of nitrogens with two attached hydrogens (primary N) is 1. The Balaban J connectivity index is 2.72. The van der Waals surface area contributed by atoms with Gasteiger partial charge >= 0.3 is 5.97 Å². The first-order valence-electron chi connectivity index (χ1n) is 4.40. The Bertz CT molecular complexity index is 373. The summed E-state index contributed by atoms with van der Waals surface area (Å²) in [6.07, 6.45) is 0. The van der Waals surface area contributed by atoms with Gasteiger partial charge in [0, 0.05) is 5.69 Å². The lowest BCUT2D eigenvalue weighted by molar-refractivity contribution is -0.118. The van der Waals surface area contributed by atoms with E-state index in [4.69, 9.17) is 10.8 Å². The van der Waals surface area contributed by atoms with Crippen molar-refractivity contribution < 1.29 is 14.7 Å². The summed E-state index contributed by atoms with van der Waals surface area (Å²) in [5.74, 6) is -1.44. The zero-order chi connectivity index (χ0) is 11.4. The summed E-state index contributed by atoms with van der Waals surface area (Å²) in [5.41, 5.74) is 5.93. The first-order valence-corrected chi connectivity index (χ1v) is 4.40. The molecule has 1 aromatic rings. The van der Waals surface area contributed by atoms with Crippen LogP contribution < -0.4 is 11.1 Å². The van der Waals surface area contributed by atoms with Crippen LogP contribution in [0.5, 0.6) is 0 Å². The molecule has 0 aliphatic rings. The highest BCUT2D eigenvalue weighted by Gasteiger charge is 2.08. The molecule has 0 aliphatic carbocycles. The molecule has 0 radical (unpaired) electrons. The number of carboxylic acid groups (broad SMARTS) is 1. The number of carboxylic acids is 1. The van der Waals surface area contributed by atoms with E-state index in [2.05, 4.69) is 5.32 Å². The summed E-state index contributed by atoms with van der Waals surface area (Å²) in [7, 11) is 0. The third kappa shape index (κ3) is 2.98. The molecule has 0 spiro atoms. The second-order valence-corrected chi connectivity index (χ2v) is 3.15. The summed E-state index contributed by atoms with van der Waals surface area (Å²) >= 11 is 0. The second kappa shape index (κ2) is 4.45. The number of anilines is 1. The van der Waals surface area contributed by atoms with Crippen molar-refractivity contribution in [2.24, 2.45) is 5.73 Å². The molecule has 0 aliphatic heterocycles. The Morgan fingerprint density at radius 1 is 1.33 bits per heavy atom. The molecule has 5 heteroatoms. The summed E-state index contributed by atoms with van der Waals surface area (Å²) < 4.78 is 0. The third-order valence-electron chi connectivity index (χ3n) is 1.94. The highest BCUT2D eigenvalue weighted by molar-refractivity contribution is 5.88. The molecule has 1 rings (SSSR count). The molecule has 0 saturated heterocycles. The molecule has 1 unspecified atom stereocenters. The van der Waals surface area contributed by atoms with E-state index in [1.54, 1.807) is 19.1 Å². The quantitative estimate of drug-likeness (QED) is 0.678. The normalized spacial score (nSPS) is 11.8. The van der Waals surface area contributed by atoms with E-state index < -0.39 is 17.9 Å². The number of hydrogen-bond acceptors (Lipinski definition) is 3. The summed E-state index contributed by atoms with van der Waals surface area (Å²) in [5, 5.41) is 11.5. The number of hydrogen-bond donors (Lipinski definition) is 3. The van der Waals surface area contributed by atoms with Gasteiger partial charge in [0.2, 0.25) is 5.91 Å². The van der Waals surface area contributed by atoms with Crippen LogP contribution in [0.15, 0.2) is 24.3 Å². The van der Waals surface area contributed by atoms with Gasteiger partial charge in [0.15, 0.2) is 0 Å². The van der Waals surface area contributed by atoms with Crippen LogP contribution in [-0.2, 0) is 4.79 Å². The van der Waals surface area contributed by atoms with Crippen LogP contribution in [0.3, 0.4) is 0 Å². The topological polar surface area (TPSA) is 92.4 Å². The van der Waals surface area contributed by atoms with Crippen LogP contribution in [0.4, 0.5) is 5.69 Å². The van der Waals surface area contributed by atoms with Gasteiger partial charge in [0.1, 0.15) is 6.04 Å². The number of carbonyl (C=O) groups excluding carboxylic acids is 1. The molecule has 80 valence electrons. The number of benzene rings is 1. The van der Waals surface area contributed by atoms with Gasteiger partial charge in [0.25, 0.3) is 0 Å². The fourth-order valence-electron chi connectivity index (χ4n) is 1.03.